The molecular weight excluding hydrogens is 334 g/mol. The van der Waals surface area contributed by atoms with Crippen LogP contribution in [-0.2, 0) is 16.0 Å². The van der Waals surface area contributed by atoms with Gasteiger partial charge >= 0.3 is 0 Å². The van der Waals surface area contributed by atoms with Crippen molar-refractivity contribution in [2.75, 3.05) is 39.8 Å². The van der Waals surface area contributed by atoms with Crippen LogP contribution in [0.25, 0.3) is 0 Å². The summed E-state index contributed by atoms with van der Waals surface area (Å²) in [6.07, 6.45) is 0.287. The molecule has 114 valence electrons. The number of carbonyl (C=O) groups excluding carboxylic acids is 2. The Balaban J connectivity index is 1.75. The normalized spacial score (nSPS) is 15.8. The molecule has 0 radical (unpaired) electrons. The first-order valence-corrected chi connectivity index (χ1v) is 7.81. The molecule has 0 spiro atoms. The van der Waals surface area contributed by atoms with E-state index in [1.54, 1.807) is 4.90 Å². The molecule has 1 aliphatic heterocycles. The maximum Gasteiger partial charge on any atom is 0.242 e. The van der Waals surface area contributed by atoms with E-state index in [1.165, 1.54) is 0 Å². The van der Waals surface area contributed by atoms with Gasteiger partial charge in [0.05, 0.1) is 13.0 Å². The Morgan fingerprint density at radius 1 is 1.24 bits per heavy atom. The third-order valence-corrected chi connectivity index (χ3v) is 4.04. The smallest absolute Gasteiger partial charge is 0.242 e. The van der Waals surface area contributed by atoms with Gasteiger partial charge in [0, 0.05) is 30.7 Å². The molecule has 1 aromatic carbocycles. The van der Waals surface area contributed by atoms with Crippen LogP contribution in [0.2, 0.25) is 0 Å². The molecule has 0 bridgehead atoms. The fraction of sp³-hybridized carbons (Fsp3) is 0.467. The first-order chi connectivity index (χ1) is 10.0. The first-order valence-electron chi connectivity index (χ1n) is 7.02. The Bertz CT molecular complexity index is 513. The van der Waals surface area contributed by atoms with E-state index in [4.69, 9.17) is 0 Å². The highest BCUT2D eigenvalue weighted by Gasteiger charge is 2.19. The van der Waals surface area contributed by atoms with Crippen molar-refractivity contribution in [3.05, 3.63) is 34.3 Å². The lowest BCUT2D eigenvalue weighted by Crippen LogP contribution is -2.50. The zero-order valence-electron chi connectivity index (χ0n) is 12.1. The van der Waals surface area contributed by atoms with E-state index in [0.717, 1.165) is 36.2 Å². The Labute approximate surface area is 133 Å². The Hall–Kier alpha value is -1.40. The van der Waals surface area contributed by atoms with Crippen LogP contribution in [0.1, 0.15) is 5.56 Å². The molecule has 1 saturated heterocycles. The molecule has 0 saturated carbocycles. The van der Waals surface area contributed by atoms with E-state index < -0.39 is 0 Å². The molecule has 1 heterocycles. The van der Waals surface area contributed by atoms with Crippen molar-refractivity contribution in [3.63, 3.8) is 0 Å². The summed E-state index contributed by atoms with van der Waals surface area (Å²) in [5.41, 5.74) is 0.925. The van der Waals surface area contributed by atoms with E-state index in [9.17, 15) is 9.59 Å². The topological polar surface area (TPSA) is 52.6 Å². The van der Waals surface area contributed by atoms with Gasteiger partial charge in [-0.2, -0.15) is 0 Å². The lowest BCUT2D eigenvalue weighted by molar-refractivity contribution is -0.134. The van der Waals surface area contributed by atoms with Gasteiger partial charge in [-0.1, -0.05) is 28.1 Å². The largest absolute Gasteiger partial charge is 0.347 e. The standard InChI is InChI=1S/C15H20BrN3O2/c1-18-5-7-19(8-6-18)15(21)11-17-14(20)10-12-3-2-4-13(16)9-12/h2-4,9H,5-8,10-11H2,1H3,(H,17,20). The third kappa shape index (κ3) is 5.13. The Kier molecular flexibility index (Phi) is 5.76. The highest BCUT2D eigenvalue weighted by molar-refractivity contribution is 9.10. The van der Waals surface area contributed by atoms with Crippen molar-refractivity contribution in [1.82, 2.24) is 15.1 Å². The van der Waals surface area contributed by atoms with Crippen LogP contribution in [0.15, 0.2) is 28.7 Å². The van der Waals surface area contributed by atoms with E-state index in [1.807, 2.05) is 31.3 Å². The van der Waals surface area contributed by atoms with Gasteiger partial charge in [-0.3, -0.25) is 9.59 Å². The number of rotatable bonds is 4. The minimum Gasteiger partial charge on any atom is -0.347 e. The van der Waals surface area contributed by atoms with Gasteiger partial charge in [-0.05, 0) is 24.7 Å². The molecule has 21 heavy (non-hydrogen) atoms. The number of likely N-dealkylation sites (N-methyl/N-ethyl adjacent to an activating group) is 1. The molecule has 1 N–H and O–H groups in total. The second kappa shape index (κ2) is 7.56. The zero-order valence-corrected chi connectivity index (χ0v) is 13.7. The molecule has 2 amide bonds. The van der Waals surface area contributed by atoms with Crippen molar-refractivity contribution in [2.45, 2.75) is 6.42 Å². The zero-order chi connectivity index (χ0) is 15.2. The lowest BCUT2D eigenvalue weighted by Gasteiger charge is -2.32. The number of halogens is 1. The predicted molar refractivity (Wildman–Crippen MR) is 84.9 cm³/mol. The Morgan fingerprint density at radius 2 is 1.95 bits per heavy atom. The number of carbonyl (C=O) groups is 2. The molecule has 2 rings (SSSR count). The quantitative estimate of drug-likeness (QED) is 0.874. The van der Waals surface area contributed by atoms with Gasteiger partial charge in [0.15, 0.2) is 0 Å². The molecule has 0 aliphatic carbocycles. The minimum absolute atomic E-state index is 0.00862. The summed E-state index contributed by atoms with van der Waals surface area (Å²) in [6.45, 7) is 3.32. The SMILES string of the molecule is CN1CCN(C(=O)CNC(=O)Cc2cccc(Br)c2)CC1. The van der Waals surface area contributed by atoms with Crippen molar-refractivity contribution in [2.24, 2.45) is 0 Å². The number of piperazine rings is 1. The maximum absolute atomic E-state index is 12.0. The van der Waals surface area contributed by atoms with Gasteiger partial charge in [-0.25, -0.2) is 0 Å². The Morgan fingerprint density at radius 3 is 2.62 bits per heavy atom. The molecule has 1 aromatic rings. The lowest BCUT2D eigenvalue weighted by atomic mass is 10.1. The van der Waals surface area contributed by atoms with Crippen molar-refractivity contribution >= 4 is 27.7 Å². The van der Waals surface area contributed by atoms with Crippen LogP contribution < -0.4 is 5.32 Å². The molecule has 0 unspecified atom stereocenters. The monoisotopic (exact) mass is 353 g/mol. The summed E-state index contributed by atoms with van der Waals surface area (Å²) in [4.78, 5) is 27.9. The number of amides is 2. The molecule has 1 fully saturated rings. The average Bonchev–Trinajstić information content (AvgIpc) is 2.45. The summed E-state index contributed by atoms with van der Waals surface area (Å²) < 4.78 is 0.946. The highest BCUT2D eigenvalue weighted by Crippen LogP contribution is 2.11. The van der Waals surface area contributed by atoms with E-state index in [0.29, 0.717) is 0 Å². The average molecular weight is 354 g/mol. The number of hydrogen-bond acceptors (Lipinski definition) is 3. The minimum atomic E-state index is -0.129. The second-order valence-corrected chi connectivity index (χ2v) is 6.18. The predicted octanol–water partition coefficient (Wildman–Crippen LogP) is 0.882. The van der Waals surface area contributed by atoms with Crippen molar-refractivity contribution < 1.29 is 9.59 Å². The summed E-state index contributed by atoms with van der Waals surface area (Å²) >= 11 is 3.37. The fourth-order valence-corrected chi connectivity index (χ4v) is 2.68. The summed E-state index contributed by atoms with van der Waals surface area (Å²) in [7, 11) is 2.04. The van der Waals surface area contributed by atoms with Crippen LogP contribution in [0.5, 0.6) is 0 Å². The highest BCUT2D eigenvalue weighted by atomic mass is 79.9. The number of hydrogen-bond donors (Lipinski definition) is 1. The second-order valence-electron chi connectivity index (χ2n) is 5.27. The number of nitrogens with one attached hydrogen (secondary N) is 1. The van der Waals surface area contributed by atoms with Crippen LogP contribution in [0.4, 0.5) is 0 Å². The van der Waals surface area contributed by atoms with Crippen LogP contribution in [-0.4, -0.2) is 61.4 Å². The summed E-state index contributed by atoms with van der Waals surface area (Å²) in [6, 6.07) is 7.61. The van der Waals surface area contributed by atoms with Gasteiger partial charge in [0.1, 0.15) is 0 Å². The van der Waals surface area contributed by atoms with Crippen LogP contribution in [0, 0.1) is 0 Å². The van der Waals surface area contributed by atoms with Crippen molar-refractivity contribution in [3.8, 4) is 0 Å². The number of benzene rings is 1. The molecule has 6 heteroatoms. The maximum atomic E-state index is 12.0. The summed E-state index contributed by atoms with van der Waals surface area (Å²) in [5.74, 6) is -0.138. The number of nitrogens with zero attached hydrogens (tertiary/aromatic N) is 2. The third-order valence-electron chi connectivity index (χ3n) is 3.55. The van der Waals surface area contributed by atoms with Crippen LogP contribution in [0.3, 0.4) is 0 Å². The summed E-state index contributed by atoms with van der Waals surface area (Å²) in [5, 5.41) is 2.70. The van der Waals surface area contributed by atoms with Gasteiger partial charge in [0.25, 0.3) is 0 Å². The molecule has 0 atom stereocenters. The fourth-order valence-electron chi connectivity index (χ4n) is 2.24. The van der Waals surface area contributed by atoms with Crippen molar-refractivity contribution in [1.29, 1.82) is 0 Å². The molecule has 5 nitrogen and oxygen atoms in total. The van der Waals surface area contributed by atoms with Crippen LogP contribution >= 0.6 is 15.9 Å². The first kappa shape index (κ1) is 16.0. The van der Waals surface area contributed by atoms with Gasteiger partial charge in [0.2, 0.25) is 11.8 Å². The molecule has 1 aliphatic rings. The van der Waals surface area contributed by atoms with Gasteiger partial charge < -0.3 is 15.1 Å². The van der Waals surface area contributed by atoms with E-state index in [2.05, 4.69) is 26.1 Å². The molecular formula is C15H20BrN3O2. The van der Waals surface area contributed by atoms with Gasteiger partial charge in [-0.15, -0.1) is 0 Å². The van der Waals surface area contributed by atoms with E-state index in [-0.39, 0.29) is 24.8 Å². The molecule has 0 aromatic heterocycles. The van der Waals surface area contributed by atoms with E-state index >= 15 is 0 Å².